The van der Waals surface area contributed by atoms with Crippen LogP contribution < -0.4 is 5.32 Å². The summed E-state index contributed by atoms with van der Waals surface area (Å²) in [5.41, 5.74) is 0. The van der Waals surface area contributed by atoms with Gasteiger partial charge in [0, 0.05) is 12.7 Å². The molecular weight excluding hydrogens is 192 g/mol. The molecule has 2 N–H and O–H groups in total. The van der Waals surface area contributed by atoms with Gasteiger partial charge in [-0.05, 0) is 0 Å². The summed E-state index contributed by atoms with van der Waals surface area (Å²) in [6.45, 7) is 1.25. The molecule has 1 atom stereocenters. The number of carbonyl (C=O) groups excluding carboxylic acids is 1. The van der Waals surface area contributed by atoms with Crippen LogP contribution in [0.1, 0.15) is 6.92 Å². The molecule has 0 saturated carbocycles. The van der Waals surface area contributed by atoms with Gasteiger partial charge in [0.25, 0.3) is 0 Å². The van der Waals surface area contributed by atoms with E-state index in [1.165, 1.54) is 18.7 Å². The van der Waals surface area contributed by atoms with Crippen LogP contribution in [0.2, 0.25) is 0 Å². The lowest BCUT2D eigenvalue weighted by Gasteiger charge is -2.11. The molecule has 0 bridgehead atoms. The Labute approximate surface area is 80.1 Å². The van der Waals surface area contributed by atoms with Gasteiger partial charge in [0.1, 0.15) is 6.04 Å². The Morgan fingerprint density at radius 3 is 2.69 bits per heavy atom. The third kappa shape index (κ3) is 5.99. The lowest BCUT2D eigenvalue weighted by molar-refractivity contribution is -0.140. The van der Waals surface area contributed by atoms with Gasteiger partial charge in [0.2, 0.25) is 5.91 Å². The standard InChI is InChI=1S/C7H10N2O3S/c1-5(10)9-6(7(11)12)4-13-3-2-8/h6H,3-4H2,1H3,(H,9,10)(H,11,12). The fraction of sp³-hybridized carbons (Fsp3) is 0.571. The van der Waals surface area contributed by atoms with Crippen molar-refractivity contribution in [1.82, 2.24) is 5.32 Å². The van der Waals surface area contributed by atoms with Crippen LogP contribution in [0.15, 0.2) is 0 Å². The highest BCUT2D eigenvalue weighted by molar-refractivity contribution is 7.99. The largest absolute Gasteiger partial charge is 0.480 e. The number of carbonyl (C=O) groups is 2. The highest BCUT2D eigenvalue weighted by Gasteiger charge is 2.17. The number of nitrogens with zero attached hydrogens (tertiary/aromatic N) is 1. The van der Waals surface area contributed by atoms with E-state index in [0.717, 1.165) is 0 Å². The van der Waals surface area contributed by atoms with Crippen LogP contribution >= 0.6 is 11.8 Å². The molecular formula is C7H10N2O3S. The average molecular weight is 202 g/mol. The minimum absolute atomic E-state index is 0.211. The number of carboxylic acids is 1. The van der Waals surface area contributed by atoms with Crippen molar-refractivity contribution >= 4 is 23.6 Å². The van der Waals surface area contributed by atoms with Crippen LogP contribution in [0.5, 0.6) is 0 Å². The van der Waals surface area contributed by atoms with Crippen molar-refractivity contribution in [2.45, 2.75) is 13.0 Å². The summed E-state index contributed by atoms with van der Waals surface area (Å²) >= 11 is 1.17. The summed E-state index contributed by atoms with van der Waals surface area (Å²) in [6.07, 6.45) is 0. The van der Waals surface area contributed by atoms with Gasteiger partial charge in [-0.1, -0.05) is 0 Å². The van der Waals surface area contributed by atoms with E-state index in [1.807, 2.05) is 6.07 Å². The second-order valence-corrected chi connectivity index (χ2v) is 3.29. The molecule has 6 heteroatoms. The number of thioether (sulfide) groups is 1. The lowest BCUT2D eigenvalue weighted by atomic mass is 10.3. The zero-order valence-electron chi connectivity index (χ0n) is 7.11. The molecule has 0 heterocycles. The number of aliphatic carboxylic acids is 1. The van der Waals surface area contributed by atoms with Gasteiger partial charge >= 0.3 is 5.97 Å². The molecule has 0 spiro atoms. The smallest absolute Gasteiger partial charge is 0.327 e. The molecule has 13 heavy (non-hydrogen) atoms. The summed E-state index contributed by atoms with van der Waals surface area (Å²) in [4.78, 5) is 21.1. The fourth-order valence-electron chi connectivity index (χ4n) is 0.642. The van der Waals surface area contributed by atoms with E-state index in [1.54, 1.807) is 0 Å². The molecule has 0 aromatic carbocycles. The first-order valence-electron chi connectivity index (χ1n) is 3.52. The molecule has 0 aliphatic carbocycles. The van der Waals surface area contributed by atoms with Crippen molar-refractivity contribution in [3.05, 3.63) is 0 Å². The van der Waals surface area contributed by atoms with Crippen molar-refractivity contribution in [2.75, 3.05) is 11.5 Å². The van der Waals surface area contributed by atoms with Crippen LogP contribution in [-0.4, -0.2) is 34.5 Å². The van der Waals surface area contributed by atoms with Crippen LogP contribution in [0.4, 0.5) is 0 Å². The first-order valence-corrected chi connectivity index (χ1v) is 4.68. The Morgan fingerprint density at radius 1 is 1.69 bits per heavy atom. The molecule has 5 nitrogen and oxygen atoms in total. The number of hydrogen-bond donors (Lipinski definition) is 2. The maximum absolute atomic E-state index is 10.5. The Morgan fingerprint density at radius 2 is 2.31 bits per heavy atom. The molecule has 0 saturated heterocycles. The monoisotopic (exact) mass is 202 g/mol. The second kappa shape index (κ2) is 6.31. The van der Waals surface area contributed by atoms with Gasteiger partial charge in [-0.15, -0.1) is 11.8 Å². The molecule has 0 aliphatic rings. The average Bonchev–Trinajstić information content (AvgIpc) is 2.02. The second-order valence-electron chi connectivity index (χ2n) is 2.26. The van der Waals surface area contributed by atoms with Crippen molar-refractivity contribution in [2.24, 2.45) is 0 Å². The molecule has 1 unspecified atom stereocenters. The molecule has 1 amide bonds. The molecule has 72 valence electrons. The Hall–Kier alpha value is -1.22. The molecule has 0 aliphatic heterocycles. The number of hydrogen-bond acceptors (Lipinski definition) is 4. The molecule has 0 aromatic rings. The SMILES string of the molecule is CC(=O)NC(CSCC#N)C(=O)O. The number of rotatable bonds is 5. The fourth-order valence-corrected chi connectivity index (χ4v) is 1.31. The maximum atomic E-state index is 10.5. The normalized spacial score (nSPS) is 11.4. The predicted octanol–water partition coefficient (Wildman–Crippen LogP) is -0.168. The van der Waals surface area contributed by atoms with Crippen LogP contribution in [0, 0.1) is 11.3 Å². The van der Waals surface area contributed by atoms with Gasteiger partial charge in [0.05, 0.1) is 11.8 Å². The Kier molecular flexibility index (Phi) is 5.72. The quantitative estimate of drug-likeness (QED) is 0.604. The van der Waals surface area contributed by atoms with Crippen LogP contribution in [0.25, 0.3) is 0 Å². The van der Waals surface area contributed by atoms with E-state index in [-0.39, 0.29) is 17.4 Å². The van der Waals surface area contributed by atoms with Crippen molar-refractivity contribution in [3.63, 3.8) is 0 Å². The molecule has 0 radical (unpaired) electrons. The van der Waals surface area contributed by atoms with Gasteiger partial charge < -0.3 is 10.4 Å². The van der Waals surface area contributed by atoms with Gasteiger partial charge in [-0.25, -0.2) is 4.79 Å². The lowest BCUT2D eigenvalue weighted by Crippen LogP contribution is -2.41. The van der Waals surface area contributed by atoms with Gasteiger partial charge in [0.15, 0.2) is 0 Å². The topological polar surface area (TPSA) is 90.2 Å². The minimum atomic E-state index is -1.08. The number of carboxylic acid groups (broad SMARTS) is 1. The zero-order valence-corrected chi connectivity index (χ0v) is 7.93. The summed E-state index contributed by atoms with van der Waals surface area (Å²) in [6, 6.07) is 0.966. The van der Waals surface area contributed by atoms with E-state index in [9.17, 15) is 9.59 Å². The summed E-state index contributed by atoms with van der Waals surface area (Å²) in [7, 11) is 0. The third-order valence-electron chi connectivity index (χ3n) is 1.13. The van der Waals surface area contributed by atoms with E-state index >= 15 is 0 Å². The Bertz CT molecular complexity index is 236. The highest BCUT2D eigenvalue weighted by atomic mass is 32.2. The molecule has 0 rings (SSSR count). The summed E-state index contributed by atoms with van der Waals surface area (Å²) in [5, 5.41) is 19.1. The van der Waals surface area contributed by atoms with E-state index < -0.39 is 12.0 Å². The highest BCUT2D eigenvalue weighted by Crippen LogP contribution is 2.01. The number of nitrogens with one attached hydrogen (secondary N) is 1. The van der Waals surface area contributed by atoms with E-state index in [2.05, 4.69) is 5.32 Å². The number of nitriles is 1. The van der Waals surface area contributed by atoms with Crippen LogP contribution in [-0.2, 0) is 9.59 Å². The third-order valence-corrected chi connectivity index (χ3v) is 2.03. The first-order chi connectivity index (χ1) is 6.07. The van der Waals surface area contributed by atoms with E-state index in [0.29, 0.717) is 0 Å². The van der Waals surface area contributed by atoms with Crippen molar-refractivity contribution in [3.8, 4) is 6.07 Å². The van der Waals surface area contributed by atoms with Crippen LogP contribution in [0.3, 0.4) is 0 Å². The van der Waals surface area contributed by atoms with E-state index in [4.69, 9.17) is 10.4 Å². The van der Waals surface area contributed by atoms with Gasteiger partial charge in [-0.3, -0.25) is 4.79 Å². The first kappa shape index (κ1) is 11.8. The Balaban J connectivity index is 3.89. The molecule has 0 aromatic heterocycles. The van der Waals surface area contributed by atoms with Crippen molar-refractivity contribution < 1.29 is 14.7 Å². The van der Waals surface area contributed by atoms with Crippen molar-refractivity contribution in [1.29, 1.82) is 5.26 Å². The minimum Gasteiger partial charge on any atom is -0.480 e. The summed E-state index contributed by atoms with van der Waals surface area (Å²) < 4.78 is 0. The number of amides is 1. The maximum Gasteiger partial charge on any atom is 0.327 e. The zero-order chi connectivity index (χ0) is 10.3. The molecule has 0 fully saturated rings. The predicted molar refractivity (Wildman–Crippen MR) is 48.2 cm³/mol. The van der Waals surface area contributed by atoms with Gasteiger partial charge in [-0.2, -0.15) is 5.26 Å². The summed E-state index contributed by atoms with van der Waals surface area (Å²) in [5.74, 6) is -1.03.